The third-order valence-corrected chi connectivity index (χ3v) is 6.30. The second-order valence-corrected chi connectivity index (χ2v) is 9.81. The number of aliphatic hydroxyl groups is 2. The molecule has 3 rings (SSSR count). The van der Waals surface area contributed by atoms with Gasteiger partial charge in [0.1, 0.15) is 17.5 Å². The first-order chi connectivity index (χ1) is 18.4. The molecule has 0 radical (unpaired) electrons. The predicted molar refractivity (Wildman–Crippen MR) is 134 cm³/mol. The zero-order valence-electron chi connectivity index (χ0n) is 22.9. The summed E-state index contributed by atoms with van der Waals surface area (Å²) in [6.07, 6.45) is -2.83. The molecule has 0 bridgehead atoms. The molecule has 0 aliphatic heterocycles. The molecule has 0 saturated carbocycles. The van der Waals surface area contributed by atoms with E-state index in [1.54, 1.807) is 0 Å². The molecule has 0 unspecified atom stereocenters. The number of carbonyl (C=O) groups is 2. The normalized spacial score (nSPS) is 12.6. The van der Waals surface area contributed by atoms with Crippen LogP contribution in [0.4, 0.5) is 13.2 Å². The van der Waals surface area contributed by atoms with E-state index in [2.05, 4.69) is 5.10 Å². The zero-order chi connectivity index (χ0) is 28.9. The van der Waals surface area contributed by atoms with Gasteiger partial charge in [-0.2, -0.15) is 5.10 Å². The van der Waals surface area contributed by atoms with Crippen molar-refractivity contribution in [3.63, 3.8) is 0 Å². The van der Waals surface area contributed by atoms with Crippen molar-refractivity contribution in [2.24, 2.45) is 0 Å². The summed E-state index contributed by atoms with van der Waals surface area (Å²) in [7, 11) is 1.47. The predicted octanol–water partition coefficient (Wildman–Crippen LogP) is -0.126. The van der Waals surface area contributed by atoms with E-state index in [4.69, 9.17) is 0 Å². The van der Waals surface area contributed by atoms with E-state index in [0.29, 0.717) is 16.9 Å². The monoisotopic (exact) mass is 569 g/mol. The van der Waals surface area contributed by atoms with Crippen LogP contribution in [0.1, 0.15) is 66.3 Å². The van der Waals surface area contributed by atoms with Crippen LogP contribution in [0.5, 0.6) is 0 Å². The SMILES string of the molecule is CC(C)c1c(C(=O)N(C)Cc2ccc(F)cc2F)nn(-c2ccc(F)cc2)c1CC[C@@H](O)C[C@@H](O)CC(=O)[O-].[Na+]. The molecule has 0 aliphatic carbocycles. The standard InChI is InChI=1S/C28H32F3N3O5.Na/c1-16(2)26-24(11-10-21(35)13-22(36)14-25(37)38)34(20-8-6-18(29)7-9-20)32-27(26)28(39)33(3)15-17-4-5-19(30)12-23(17)31;/h4-9,12,16,21-22,35-36H,10-11,13-15H2,1-3H3,(H,37,38);/q;+1/p-1/t21-,22-;/m1./s1. The first-order valence-electron chi connectivity index (χ1n) is 12.5. The molecule has 2 aromatic carbocycles. The Bertz CT molecular complexity index is 1320. The van der Waals surface area contributed by atoms with E-state index in [1.807, 2.05) is 13.8 Å². The minimum absolute atomic E-state index is 0. The maximum absolute atomic E-state index is 14.2. The Labute approximate surface area is 252 Å². The van der Waals surface area contributed by atoms with Gasteiger partial charge in [-0.1, -0.05) is 19.9 Å². The number of carboxylic acids is 1. The van der Waals surface area contributed by atoms with Crippen molar-refractivity contribution < 1.29 is 67.6 Å². The van der Waals surface area contributed by atoms with Gasteiger partial charge in [0.2, 0.25) is 0 Å². The van der Waals surface area contributed by atoms with Crippen LogP contribution in [-0.2, 0) is 17.8 Å². The summed E-state index contributed by atoms with van der Waals surface area (Å²) in [6.45, 7) is 3.56. The van der Waals surface area contributed by atoms with Gasteiger partial charge in [-0.05, 0) is 55.5 Å². The molecule has 3 aromatic rings. The molecule has 0 aliphatic rings. The summed E-state index contributed by atoms with van der Waals surface area (Å²) in [5, 5.41) is 35.6. The number of halogens is 3. The quantitative estimate of drug-likeness (QED) is 0.294. The molecule has 1 amide bonds. The van der Waals surface area contributed by atoms with Crippen LogP contribution in [0.25, 0.3) is 5.69 Å². The van der Waals surface area contributed by atoms with Gasteiger partial charge in [-0.15, -0.1) is 0 Å². The Kier molecular flexibility index (Phi) is 12.4. The van der Waals surface area contributed by atoms with E-state index < -0.39 is 48.0 Å². The van der Waals surface area contributed by atoms with Crippen molar-refractivity contribution >= 4 is 11.9 Å². The molecule has 1 heterocycles. The minimum Gasteiger partial charge on any atom is -0.550 e. The Balaban J connectivity index is 0.00000560. The first-order valence-corrected chi connectivity index (χ1v) is 12.5. The number of aromatic nitrogens is 2. The molecule has 2 atom stereocenters. The molecule has 0 saturated heterocycles. The van der Waals surface area contributed by atoms with E-state index in [0.717, 1.165) is 12.1 Å². The van der Waals surface area contributed by atoms with Crippen LogP contribution in [0.15, 0.2) is 42.5 Å². The van der Waals surface area contributed by atoms with Crippen LogP contribution in [0.2, 0.25) is 0 Å². The fraction of sp³-hybridized carbons (Fsp3) is 0.393. The van der Waals surface area contributed by atoms with E-state index in [9.17, 15) is 38.1 Å². The number of carbonyl (C=O) groups excluding carboxylic acids is 2. The zero-order valence-corrected chi connectivity index (χ0v) is 24.9. The number of benzene rings is 2. The van der Waals surface area contributed by atoms with Crippen LogP contribution >= 0.6 is 0 Å². The molecule has 0 fully saturated rings. The van der Waals surface area contributed by atoms with Crippen molar-refractivity contribution in [2.45, 2.75) is 64.2 Å². The van der Waals surface area contributed by atoms with Crippen molar-refractivity contribution in [2.75, 3.05) is 7.05 Å². The average molecular weight is 570 g/mol. The van der Waals surface area contributed by atoms with Crippen molar-refractivity contribution in [1.29, 1.82) is 0 Å². The van der Waals surface area contributed by atoms with Crippen LogP contribution in [0, 0.1) is 17.5 Å². The second kappa shape index (κ2) is 14.8. The van der Waals surface area contributed by atoms with Crippen molar-refractivity contribution in [3.05, 3.63) is 82.4 Å². The molecular weight excluding hydrogens is 538 g/mol. The Morgan fingerprint density at radius 1 is 1.02 bits per heavy atom. The van der Waals surface area contributed by atoms with Gasteiger partial charge in [-0.25, -0.2) is 17.9 Å². The second-order valence-electron chi connectivity index (χ2n) is 9.81. The number of amides is 1. The molecule has 12 heteroatoms. The fourth-order valence-electron chi connectivity index (χ4n) is 4.44. The first kappa shape index (κ1) is 33.5. The van der Waals surface area contributed by atoms with Gasteiger partial charge in [0, 0.05) is 48.9 Å². The van der Waals surface area contributed by atoms with Crippen LogP contribution in [0.3, 0.4) is 0 Å². The minimum atomic E-state index is -1.43. The van der Waals surface area contributed by atoms with E-state index in [-0.39, 0.29) is 72.5 Å². The van der Waals surface area contributed by atoms with Crippen LogP contribution < -0.4 is 34.7 Å². The third-order valence-electron chi connectivity index (χ3n) is 6.30. The summed E-state index contributed by atoms with van der Waals surface area (Å²) in [6, 6.07) is 8.56. The average Bonchev–Trinajstić information content (AvgIpc) is 3.23. The van der Waals surface area contributed by atoms with Gasteiger partial charge in [0.05, 0.1) is 17.9 Å². The molecule has 0 spiro atoms. The fourth-order valence-corrected chi connectivity index (χ4v) is 4.44. The smallest absolute Gasteiger partial charge is 0.550 e. The van der Waals surface area contributed by atoms with Crippen LogP contribution in [-0.4, -0.2) is 56.0 Å². The van der Waals surface area contributed by atoms with Crippen molar-refractivity contribution in [3.8, 4) is 5.69 Å². The number of rotatable bonds is 12. The summed E-state index contributed by atoms with van der Waals surface area (Å²) < 4.78 is 42.7. The summed E-state index contributed by atoms with van der Waals surface area (Å²) in [5.41, 5.74) is 1.80. The summed E-state index contributed by atoms with van der Waals surface area (Å²) in [5.74, 6) is -4.15. The van der Waals surface area contributed by atoms with Gasteiger partial charge >= 0.3 is 29.6 Å². The van der Waals surface area contributed by atoms with E-state index in [1.165, 1.54) is 47.0 Å². The molecular formula is C28H31F3N3NaO5. The molecule has 1 aromatic heterocycles. The third kappa shape index (κ3) is 8.65. The van der Waals surface area contributed by atoms with Gasteiger partial charge in [0.15, 0.2) is 5.69 Å². The summed E-state index contributed by atoms with van der Waals surface area (Å²) in [4.78, 5) is 25.5. The number of aliphatic carboxylic acids is 1. The molecule has 210 valence electrons. The van der Waals surface area contributed by atoms with E-state index >= 15 is 0 Å². The number of hydrogen-bond acceptors (Lipinski definition) is 6. The Hall–Kier alpha value is -2.70. The van der Waals surface area contributed by atoms with Gasteiger partial charge in [0.25, 0.3) is 5.91 Å². The van der Waals surface area contributed by atoms with Gasteiger partial charge in [-0.3, -0.25) is 4.79 Å². The number of aliphatic hydroxyl groups excluding tert-OH is 2. The number of nitrogens with zero attached hydrogens (tertiary/aromatic N) is 3. The maximum atomic E-state index is 14.2. The van der Waals surface area contributed by atoms with Gasteiger partial charge < -0.3 is 25.0 Å². The molecule has 2 N–H and O–H groups in total. The van der Waals surface area contributed by atoms with Crippen molar-refractivity contribution in [1.82, 2.24) is 14.7 Å². The summed E-state index contributed by atoms with van der Waals surface area (Å²) >= 11 is 0. The largest absolute Gasteiger partial charge is 1.00 e. The number of hydrogen-bond donors (Lipinski definition) is 2. The Morgan fingerprint density at radius 3 is 2.23 bits per heavy atom. The topological polar surface area (TPSA) is 119 Å². The number of carboxylic acid groups (broad SMARTS) is 1. The molecule has 40 heavy (non-hydrogen) atoms. The molecule has 8 nitrogen and oxygen atoms in total. The maximum Gasteiger partial charge on any atom is 1.00 e. The Morgan fingerprint density at radius 2 is 1.65 bits per heavy atom.